The summed E-state index contributed by atoms with van der Waals surface area (Å²) in [5.74, 6) is -0.286. The van der Waals surface area contributed by atoms with Crippen LogP contribution in [0, 0.1) is 5.82 Å². The topological polar surface area (TPSA) is 46.5 Å². The molecule has 0 aliphatic rings. The molecule has 0 radical (unpaired) electrons. The van der Waals surface area contributed by atoms with Crippen molar-refractivity contribution in [3.63, 3.8) is 0 Å². The summed E-state index contributed by atoms with van der Waals surface area (Å²) in [4.78, 5) is 13.9. The molecule has 0 aliphatic heterocycles. The lowest BCUT2D eigenvalue weighted by Crippen LogP contribution is -2.30. The third kappa shape index (κ3) is 4.21. The fourth-order valence-electron chi connectivity index (χ4n) is 2.82. The fraction of sp³-hybridized carbons (Fsp3) is 0.250. The predicted octanol–water partition coefficient (Wildman–Crippen LogP) is 4.09. The Balaban J connectivity index is 1.65. The minimum atomic E-state index is -0.286. The van der Waals surface area contributed by atoms with Crippen LogP contribution >= 0.6 is 0 Å². The van der Waals surface area contributed by atoms with Crippen LogP contribution in [0.1, 0.15) is 5.56 Å². The molecule has 0 saturated heterocycles. The SMILES string of the molecule is COCCn1ccc2cc(NC(=O)N(C)Cc3ccc(F)cc3)ccc21. The molecule has 2 amide bonds. The Hall–Kier alpha value is -2.86. The third-order valence-electron chi connectivity index (χ3n) is 4.24. The standard InChI is InChI=1S/C20H22FN3O2/c1-23(14-15-3-5-17(21)6-4-15)20(25)22-18-7-8-19-16(13-18)9-10-24(19)11-12-26-2/h3-10,13H,11-12,14H2,1-2H3,(H,22,25). The molecule has 1 heterocycles. The number of urea groups is 1. The van der Waals surface area contributed by atoms with Crippen LogP contribution in [0.2, 0.25) is 0 Å². The number of fused-ring (bicyclic) bond motifs is 1. The first-order valence-electron chi connectivity index (χ1n) is 8.41. The van der Waals surface area contributed by atoms with Gasteiger partial charge in [0, 0.05) is 50.0 Å². The van der Waals surface area contributed by atoms with Gasteiger partial charge in [0.05, 0.1) is 6.61 Å². The van der Waals surface area contributed by atoms with Crippen molar-refractivity contribution in [2.75, 3.05) is 26.1 Å². The Bertz CT molecular complexity index is 890. The maximum Gasteiger partial charge on any atom is 0.321 e. The van der Waals surface area contributed by atoms with Gasteiger partial charge in [-0.05, 0) is 42.0 Å². The number of nitrogens with one attached hydrogen (secondary N) is 1. The molecule has 3 aromatic rings. The quantitative estimate of drug-likeness (QED) is 0.724. The van der Waals surface area contributed by atoms with Gasteiger partial charge < -0.3 is 19.5 Å². The van der Waals surface area contributed by atoms with E-state index in [1.165, 1.54) is 12.1 Å². The lowest BCUT2D eigenvalue weighted by Gasteiger charge is -2.18. The molecule has 0 bridgehead atoms. The Morgan fingerprint density at radius 2 is 1.96 bits per heavy atom. The summed E-state index contributed by atoms with van der Waals surface area (Å²) in [5, 5.41) is 3.95. The van der Waals surface area contributed by atoms with E-state index in [4.69, 9.17) is 4.74 Å². The molecule has 0 saturated carbocycles. The van der Waals surface area contributed by atoms with Crippen LogP contribution in [0.25, 0.3) is 10.9 Å². The molecule has 136 valence electrons. The van der Waals surface area contributed by atoms with E-state index in [0.29, 0.717) is 13.2 Å². The number of carbonyl (C=O) groups excluding carboxylic acids is 1. The van der Waals surface area contributed by atoms with Crippen molar-refractivity contribution >= 4 is 22.6 Å². The third-order valence-corrected chi connectivity index (χ3v) is 4.24. The number of hydrogen-bond acceptors (Lipinski definition) is 2. The predicted molar refractivity (Wildman–Crippen MR) is 101 cm³/mol. The van der Waals surface area contributed by atoms with Crippen LogP contribution in [-0.4, -0.2) is 36.3 Å². The van der Waals surface area contributed by atoms with Crippen molar-refractivity contribution in [1.29, 1.82) is 0 Å². The van der Waals surface area contributed by atoms with Gasteiger partial charge in [-0.2, -0.15) is 0 Å². The van der Waals surface area contributed by atoms with Crippen LogP contribution in [0.5, 0.6) is 0 Å². The summed E-state index contributed by atoms with van der Waals surface area (Å²) in [6.45, 7) is 1.84. The molecule has 1 N–H and O–H groups in total. The smallest absolute Gasteiger partial charge is 0.321 e. The van der Waals surface area contributed by atoms with E-state index in [1.54, 1.807) is 31.2 Å². The van der Waals surface area contributed by atoms with Crippen LogP contribution in [-0.2, 0) is 17.8 Å². The monoisotopic (exact) mass is 355 g/mol. The highest BCUT2D eigenvalue weighted by atomic mass is 19.1. The highest BCUT2D eigenvalue weighted by molar-refractivity contribution is 5.92. The van der Waals surface area contributed by atoms with Crippen molar-refractivity contribution in [2.45, 2.75) is 13.1 Å². The van der Waals surface area contributed by atoms with E-state index < -0.39 is 0 Å². The minimum Gasteiger partial charge on any atom is -0.383 e. The molecular weight excluding hydrogens is 333 g/mol. The molecule has 0 fully saturated rings. The molecule has 6 heteroatoms. The summed E-state index contributed by atoms with van der Waals surface area (Å²) < 4.78 is 20.2. The van der Waals surface area contributed by atoms with Crippen LogP contribution < -0.4 is 5.32 Å². The lowest BCUT2D eigenvalue weighted by atomic mass is 10.2. The van der Waals surface area contributed by atoms with Crippen LogP contribution in [0.4, 0.5) is 14.9 Å². The van der Waals surface area contributed by atoms with Gasteiger partial charge in [0.1, 0.15) is 5.82 Å². The maximum absolute atomic E-state index is 13.0. The van der Waals surface area contributed by atoms with E-state index >= 15 is 0 Å². The molecular formula is C20H22FN3O2. The number of nitrogens with zero attached hydrogens (tertiary/aromatic N) is 2. The number of benzene rings is 2. The summed E-state index contributed by atoms with van der Waals surface area (Å²) in [6.07, 6.45) is 2.01. The highest BCUT2D eigenvalue weighted by Gasteiger charge is 2.10. The first-order chi connectivity index (χ1) is 12.6. The number of halogens is 1. The van der Waals surface area contributed by atoms with Gasteiger partial charge in [-0.1, -0.05) is 12.1 Å². The largest absolute Gasteiger partial charge is 0.383 e. The van der Waals surface area contributed by atoms with Gasteiger partial charge in [0.2, 0.25) is 0 Å². The zero-order valence-corrected chi connectivity index (χ0v) is 14.9. The number of amides is 2. The van der Waals surface area contributed by atoms with Crippen molar-refractivity contribution in [1.82, 2.24) is 9.47 Å². The number of aromatic nitrogens is 1. The normalized spacial score (nSPS) is 10.9. The maximum atomic E-state index is 13.0. The van der Waals surface area contributed by atoms with Gasteiger partial charge in [0.25, 0.3) is 0 Å². The number of hydrogen-bond donors (Lipinski definition) is 1. The second kappa shape index (κ2) is 8.01. The van der Waals surface area contributed by atoms with E-state index in [2.05, 4.69) is 9.88 Å². The molecule has 26 heavy (non-hydrogen) atoms. The lowest BCUT2D eigenvalue weighted by molar-refractivity contribution is 0.188. The zero-order chi connectivity index (χ0) is 18.5. The zero-order valence-electron chi connectivity index (χ0n) is 14.9. The summed E-state index contributed by atoms with van der Waals surface area (Å²) in [5.41, 5.74) is 2.70. The molecule has 0 atom stereocenters. The van der Waals surface area contributed by atoms with E-state index in [-0.39, 0.29) is 11.8 Å². The van der Waals surface area contributed by atoms with Crippen molar-refractivity contribution < 1.29 is 13.9 Å². The summed E-state index contributed by atoms with van der Waals surface area (Å²) in [7, 11) is 3.39. The first kappa shape index (κ1) is 17.9. The van der Waals surface area contributed by atoms with Crippen LogP contribution in [0.15, 0.2) is 54.7 Å². The second-order valence-corrected chi connectivity index (χ2v) is 6.19. The average molecular weight is 355 g/mol. The van der Waals surface area contributed by atoms with Crippen molar-refractivity contribution in [3.8, 4) is 0 Å². The number of methoxy groups -OCH3 is 1. The molecule has 5 nitrogen and oxygen atoms in total. The fourth-order valence-corrected chi connectivity index (χ4v) is 2.82. The number of carbonyl (C=O) groups is 1. The molecule has 0 spiro atoms. The average Bonchev–Trinajstić information content (AvgIpc) is 3.04. The number of ether oxygens (including phenoxy) is 1. The van der Waals surface area contributed by atoms with Crippen molar-refractivity contribution in [2.24, 2.45) is 0 Å². The molecule has 0 unspecified atom stereocenters. The molecule has 2 aromatic carbocycles. The van der Waals surface area contributed by atoms with Crippen LogP contribution in [0.3, 0.4) is 0 Å². The van der Waals surface area contributed by atoms with E-state index in [0.717, 1.165) is 28.7 Å². The van der Waals surface area contributed by atoms with E-state index in [1.807, 2.05) is 30.5 Å². The second-order valence-electron chi connectivity index (χ2n) is 6.19. The van der Waals surface area contributed by atoms with Gasteiger partial charge in [0.15, 0.2) is 0 Å². The highest BCUT2D eigenvalue weighted by Crippen LogP contribution is 2.21. The Morgan fingerprint density at radius 3 is 2.69 bits per heavy atom. The minimum absolute atomic E-state index is 0.215. The summed E-state index contributed by atoms with van der Waals surface area (Å²) >= 11 is 0. The molecule has 0 aliphatic carbocycles. The van der Waals surface area contributed by atoms with E-state index in [9.17, 15) is 9.18 Å². The Morgan fingerprint density at radius 1 is 1.19 bits per heavy atom. The Labute approximate surface area is 152 Å². The Kier molecular flexibility index (Phi) is 5.53. The number of anilines is 1. The van der Waals surface area contributed by atoms with Gasteiger partial charge in [-0.3, -0.25) is 0 Å². The van der Waals surface area contributed by atoms with Gasteiger partial charge in [-0.15, -0.1) is 0 Å². The van der Waals surface area contributed by atoms with Gasteiger partial charge >= 0.3 is 6.03 Å². The van der Waals surface area contributed by atoms with Crippen molar-refractivity contribution in [3.05, 3.63) is 66.1 Å². The first-order valence-corrected chi connectivity index (χ1v) is 8.41. The van der Waals surface area contributed by atoms with Gasteiger partial charge in [-0.25, -0.2) is 9.18 Å². The molecule has 1 aromatic heterocycles. The molecule has 3 rings (SSSR count). The summed E-state index contributed by atoms with van der Waals surface area (Å²) in [6, 6.07) is 13.8. The number of rotatable bonds is 6.